The molecule has 5 nitrogen and oxygen atoms in total. The van der Waals surface area contributed by atoms with Gasteiger partial charge in [0.25, 0.3) is 5.91 Å². The lowest BCUT2D eigenvalue weighted by Crippen LogP contribution is -2.56. The number of amides is 2. The number of fused-ring (bicyclic) bond motifs is 1. The number of aryl methyl sites for hydroxylation is 1. The first kappa shape index (κ1) is 18.1. The lowest BCUT2D eigenvalue weighted by molar-refractivity contribution is -0.120. The third-order valence-electron chi connectivity index (χ3n) is 5.08. The van der Waals surface area contributed by atoms with Gasteiger partial charge in [-0.05, 0) is 24.1 Å². The maximum atomic E-state index is 12.5. The van der Waals surface area contributed by atoms with Gasteiger partial charge in [0.05, 0.1) is 22.4 Å². The second kappa shape index (κ2) is 7.37. The van der Waals surface area contributed by atoms with Crippen molar-refractivity contribution >= 4 is 45.7 Å². The molecule has 3 aromatic rings. The molecular weight excluding hydrogens is 382 g/mol. The van der Waals surface area contributed by atoms with E-state index in [-0.39, 0.29) is 17.9 Å². The van der Waals surface area contributed by atoms with Gasteiger partial charge in [-0.25, -0.2) is 0 Å². The third-order valence-corrected chi connectivity index (χ3v) is 6.18. The Hall–Kier alpha value is -2.31. The predicted octanol–water partition coefficient (Wildman–Crippen LogP) is 3.47. The second-order valence-corrected chi connectivity index (χ2v) is 8.39. The quantitative estimate of drug-likeness (QED) is 0.711. The molecule has 1 fully saturated rings. The van der Waals surface area contributed by atoms with Crippen molar-refractivity contribution in [1.82, 2.24) is 14.8 Å². The monoisotopic (exact) mass is 401 g/mol. The van der Waals surface area contributed by atoms with Crippen LogP contribution in [0.1, 0.15) is 22.3 Å². The lowest BCUT2D eigenvalue weighted by atomic mass is 10.0. The summed E-state index contributed by atoms with van der Waals surface area (Å²) in [4.78, 5) is 26.7. The van der Waals surface area contributed by atoms with Gasteiger partial charge >= 0.3 is 0 Å². The average Bonchev–Trinajstić information content (AvgIpc) is 3.19. The smallest absolute Gasteiger partial charge is 0.255 e. The first-order valence-electron chi connectivity index (χ1n) is 8.87. The molecule has 1 aromatic carbocycles. The molecule has 2 aromatic heterocycles. The molecule has 1 aliphatic heterocycles. The van der Waals surface area contributed by atoms with Crippen LogP contribution in [0.2, 0.25) is 4.34 Å². The van der Waals surface area contributed by atoms with E-state index in [1.165, 1.54) is 11.3 Å². The summed E-state index contributed by atoms with van der Waals surface area (Å²) in [6, 6.07) is 9.81. The molecule has 1 saturated heterocycles. The number of thiophene rings is 1. The molecule has 1 aliphatic rings. The molecule has 0 saturated carbocycles. The Kier molecular flexibility index (Phi) is 4.93. The van der Waals surface area contributed by atoms with E-state index in [1.54, 1.807) is 16.3 Å². The van der Waals surface area contributed by atoms with Crippen molar-refractivity contribution in [3.8, 4) is 0 Å². The zero-order valence-electron chi connectivity index (χ0n) is 14.9. The van der Waals surface area contributed by atoms with Crippen molar-refractivity contribution < 1.29 is 9.59 Å². The fourth-order valence-corrected chi connectivity index (χ4v) is 4.40. The maximum Gasteiger partial charge on any atom is 0.255 e. The largest absolute Gasteiger partial charge is 0.354 e. The van der Waals surface area contributed by atoms with Crippen LogP contribution in [0, 0.1) is 0 Å². The number of carbonyl (C=O) groups excluding carboxylic acids is 2. The maximum absolute atomic E-state index is 12.5. The molecule has 27 heavy (non-hydrogen) atoms. The van der Waals surface area contributed by atoms with Crippen LogP contribution in [0.25, 0.3) is 10.9 Å². The average molecular weight is 402 g/mol. The van der Waals surface area contributed by atoms with E-state index in [2.05, 4.69) is 5.32 Å². The van der Waals surface area contributed by atoms with Crippen LogP contribution in [-0.4, -0.2) is 40.4 Å². The highest BCUT2D eigenvalue weighted by atomic mass is 35.5. The first-order chi connectivity index (χ1) is 13.0. The third kappa shape index (κ3) is 3.59. The highest BCUT2D eigenvalue weighted by Crippen LogP contribution is 2.25. The fraction of sp³-hybridized carbons (Fsp3) is 0.300. The molecule has 1 atom stereocenters. The van der Waals surface area contributed by atoms with E-state index < -0.39 is 0 Å². The second-order valence-electron chi connectivity index (χ2n) is 6.84. The number of carbonyl (C=O) groups is 2. The zero-order valence-corrected chi connectivity index (χ0v) is 16.5. The van der Waals surface area contributed by atoms with Gasteiger partial charge in [0.1, 0.15) is 0 Å². The van der Waals surface area contributed by atoms with E-state index in [9.17, 15) is 9.59 Å². The van der Waals surface area contributed by atoms with Crippen LogP contribution in [0.3, 0.4) is 0 Å². The Labute approximate surface area is 166 Å². The number of para-hydroxylation sites is 1. The molecule has 1 unspecified atom stereocenters. The summed E-state index contributed by atoms with van der Waals surface area (Å²) < 4.78 is 2.65. The summed E-state index contributed by atoms with van der Waals surface area (Å²) in [7, 11) is 1.98. The van der Waals surface area contributed by atoms with Gasteiger partial charge in [-0.1, -0.05) is 29.8 Å². The number of hydrogen-bond acceptors (Lipinski definition) is 3. The predicted molar refractivity (Wildman–Crippen MR) is 108 cm³/mol. The molecule has 4 rings (SSSR count). The van der Waals surface area contributed by atoms with Crippen LogP contribution < -0.4 is 5.32 Å². The number of nitrogens with one attached hydrogen (secondary N) is 1. The van der Waals surface area contributed by atoms with Gasteiger partial charge < -0.3 is 14.8 Å². The number of likely N-dealkylation sites (tertiary alicyclic amines) is 1. The van der Waals surface area contributed by atoms with Crippen molar-refractivity contribution in [3.63, 3.8) is 0 Å². The van der Waals surface area contributed by atoms with Gasteiger partial charge in [0, 0.05) is 42.6 Å². The number of nitrogens with zero attached hydrogens (tertiary/aromatic N) is 2. The summed E-state index contributed by atoms with van der Waals surface area (Å²) in [5.74, 6) is -0.0399. The Morgan fingerprint density at radius 3 is 2.85 bits per heavy atom. The summed E-state index contributed by atoms with van der Waals surface area (Å²) >= 11 is 7.27. The highest BCUT2D eigenvalue weighted by molar-refractivity contribution is 7.14. The summed E-state index contributed by atoms with van der Waals surface area (Å²) in [5.41, 5.74) is 2.75. The Balaban J connectivity index is 1.34. The zero-order chi connectivity index (χ0) is 19.0. The minimum Gasteiger partial charge on any atom is -0.354 e. The van der Waals surface area contributed by atoms with E-state index in [0.29, 0.717) is 22.9 Å². The Bertz CT molecular complexity index is 1010. The van der Waals surface area contributed by atoms with Gasteiger partial charge in [0.15, 0.2) is 0 Å². The van der Waals surface area contributed by atoms with Crippen molar-refractivity contribution in [2.75, 3.05) is 13.1 Å². The number of halogens is 1. The molecule has 0 aliphatic carbocycles. The SMILES string of the molecule is Cn1cc(CC(=O)NCC2CCN2C(=O)c2csc(Cl)c2)c2ccccc21. The van der Waals surface area contributed by atoms with Crippen LogP contribution in [0.15, 0.2) is 41.9 Å². The summed E-state index contributed by atoms with van der Waals surface area (Å²) in [6.07, 6.45) is 3.24. The minimum absolute atomic E-state index is 0.0160. The van der Waals surface area contributed by atoms with E-state index in [0.717, 1.165) is 29.4 Å². The fourth-order valence-electron chi connectivity index (χ4n) is 3.54. The molecule has 2 amide bonds. The van der Waals surface area contributed by atoms with Crippen molar-refractivity contribution in [2.24, 2.45) is 7.05 Å². The van der Waals surface area contributed by atoms with Crippen LogP contribution >= 0.6 is 22.9 Å². The molecule has 140 valence electrons. The normalized spacial score (nSPS) is 16.4. The standard InChI is InChI=1S/C20H20ClN3O2S/c1-23-11-13(16-4-2-3-5-17(16)23)9-19(25)22-10-15-6-7-24(15)20(26)14-8-18(21)27-12-14/h2-5,8,11-12,15H,6-7,9-10H2,1H3,(H,22,25). The molecule has 7 heteroatoms. The van der Waals surface area contributed by atoms with E-state index in [1.807, 2.05) is 42.1 Å². The molecule has 3 heterocycles. The van der Waals surface area contributed by atoms with Crippen molar-refractivity contribution in [2.45, 2.75) is 18.9 Å². The minimum atomic E-state index is -0.0239. The van der Waals surface area contributed by atoms with Crippen LogP contribution in [0.4, 0.5) is 0 Å². The molecule has 0 radical (unpaired) electrons. The number of hydrogen-bond donors (Lipinski definition) is 1. The summed E-state index contributed by atoms with van der Waals surface area (Å²) in [5, 5.41) is 5.86. The Morgan fingerprint density at radius 1 is 1.33 bits per heavy atom. The van der Waals surface area contributed by atoms with Gasteiger partial charge in [-0.15, -0.1) is 11.3 Å². The lowest BCUT2D eigenvalue weighted by Gasteiger charge is -2.41. The Morgan fingerprint density at radius 2 is 2.15 bits per heavy atom. The van der Waals surface area contributed by atoms with Crippen LogP contribution in [-0.2, 0) is 18.3 Å². The van der Waals surface area contributed by atoms with Gasteiger partial charge in [-0.2, -0.15) is 0 Å². The number of benzene rings is 1. The topological polar surface area (TPSA) is 54.3 Å². The molecule has 0 bridgehead atoms. The van der Waals surface area contributed by atoms with Gasteiger partial charge in [0.2, 0.25) is 5.91 Å². The van der Waals surface area contributed by atoms with Crippen molar-refractivity contribution in [1.29, 1.82) is 0 Å². The molecule has 1 N–H and O–H groups in total. The van der Waals surface area contributed by atoms with E-state index >= 15 is 0 Å². The first-order valence-corrected chi connectivity index (χ1v) is 10.1. The van der Waals surface area contributed by atoms with Crippen molar-refractivity contribution in [3.05, 3.63) is 57.4 Å². The van der Waals surface area contributed by atoms with Crippen LogP contribution in [0.5, 0.6) is 0 Å². The van der Waals surface area contributed by atoms with Gasteiger partial charge in [-0.3, -0.25) is 9.59 Å². The highest BCUT2D eigenvalue weighted by Gasteiger charge is 2.33. The summed E-state index contributed by atoms with van der Waals surface area (Å²) in [6.45, 7) is 1.20. The van der Waals surface area contributed by atoms with E-state index in [4.69, 9.17) is 11.6 Å². The molecule has 0 spiro atoms. The number of rotatable bonds is 5. The molecular formula is C20H20ClN3O2S. The number of aromatic nitrogens is 1.